The van der Waals surface area contributed by atoms with Crippen molar-refractivity contribution in [1.29, 1.82) is 0 Å². The molecule has 0 aromatic heterocycles. The number of rotatable bonds is 2. The van der Waals surface area contributed by atoms with Crippen LogP contribution in [0.1, 0.15) is 27.7 Å². The lowest BCUT2D eigenvalue weighted by molar-refractivity contribution is -0.0915. The molecule has 1 aliphatic heterocycles. The molecule has 0 spiro atoms. The fourth-order valence-electron chi connectivity index (χ4n) is 1.68. The average molecular weight is 157 g/mol. The number of ether oxygens (including phenoxy) is 1. The molecule has 2 nitrogen and oxygen atoms in total. The first-order valence-electron chi connectivity index (χ1n) is 4.40. The predicted molar refractivity (Wildman–Crippen MR) is 46.7 cm³/mol. The van der Waals surface area contributed by atoms with Gasteiger partial charge in [-0.05, 0) is 27.3 Å². The molecule has 0 aliphatic carbocycles. The van der Waals surface area contributed by atoms with Crippen molar-refractivity contribution >= 4 is 0 Å². The van der Waals surface area contributed by atoms with Crippen molar-refractivity contribution in [2.75, 3.05) is 19.8 Å². The van der Waals surface area contributed by atoms with E-state index in [2.05, 4.69) is 32.6 Å². The van der Waals surface area contributed by atoms with Crippen LogP contribution in [0.3, 0.4) is 0 Å². The molecule has 1 saturated heterocycles. The summed E-state index contributed by atoms with van der Waals surface area (Å²) < 4.78 is 5.17. The second kappa shape index (κ2) is 3.11. The molecule has 0 aromatic rings. The van der Waals surface area contributed by atoms with Crippen LogP contribution in [0.25, 0.3) is 0 Å². The minimum atomic E-state index is 0.295. The molecule has 0 bridgehead atoms. The van der Waals surface area contributed by atoms with Crippen molar-refractivity contribution in [2.45, 2.75) is 39.3 Å². The summed E-state index contributed by atoms with van der Waals surface area (Å²) in [6, 6.07) is 0.667. The summed E-state index contributed by atoms with van der Waals surface area (Å²) in [6.07, 6.45) is 0. The SMILES string of the molecule is CCN(C1COC1)C(C)(C)C. The van der Waals surface area contributed by atoms with Crippen LogP contribution in [0.2, 0.25) is 0 Å². The van der Waals surface area contributed by atoms with E-state index in [9.17, 15) is 0 Å². The number of hydrogen-bond donors (Lipinski definition) is 0. The van der Waals surface area contributed by atoms with E-state index in [-0.39, 0.29) is 0 Å². The summed E-state index contributed by atoms with van der Waals surface area (Å²) in [5, 5.41) is 0. The van der Waals surface area contributed by atoms with Crippen LogP contribution in [0.4, 0.5) is 0 Å². The first-order chi connectivity index (χ1) is 5.05. The largest absolute Gasteiger partial charge is 0.378 e. The lowest BCUT2D eigenvalue weighted by Crippen LogP contribution is -2.56. The highest BCUT2D eigenvalue weighted by Crippen LogP contribution is 2.20. The van der Waals surface area contributed by atoms with Crippen LogP contribution in [-0.4, -0.2) is 36.2 Å². The summed E-state index contributed by atoms with van der Waals surface area (Å²) in [4.78, 5) is 2.50. The Morgan fingerprint density at radius 1 is 1.36 bits per heavy atom. The van der Waals surface area contributed by atoms with E-state index in [0.717, 1.165) is 19.8 Å². The van der Waals surface area contributed by atoms with E-state index in [1.807, 2.05) is 0 Å². The summed E-state index contributed by atoms with van der Waals surface area (Å²) >= 11 is 0. The van der Waals surface area contributed by atoms with Gasteiger partial charge in [-0.1, -0.05) is 6.92 Å². The van der Waals surface area contributed by atoms with Gasteiger partial charge in [0, 0.05) is 5.54 Å². The van der Waals surface area contributed by atoms with Gasteiger partial charge in [0.2, 0.25) is 0 Å². The van der Waals surface area contributed by atoms with Crippen LogP contribution in [0, 0.1) is 0 Å². The summed E-state index contributed by atoms with van der Waals surface area (Å²) in [7, 11) is 0. The molecule has 2 heteroatoms. The summed E-state index contributed by atoms with van der Waals surface area (Å²) in [5.74, 6) is 0. The van der Waals surface area contributed by atoms with Crippen molar-refractivity contribution in [3.63, 3.8) is 0 Å². The fraction of sp³-hybridized carbons (Fsp3) is 1.00. The number of nitrogens with zero attached hydrogens (tertiary/aromatic N) is 1. The lowest BCUT2D eigenvalue weighted by Gasteiger charge is -2.44. The van der Waals surface area contributed by atoms with Crippen molar-refractivity contribution in [3.05, 3.63) is 0 Å². The second-order valence-corrected chi connectivity index (χ2v) is 4.15. The second-order valence-electron chi connectivity index (χ2n) is 4.15. The molecular weight excluding hydrogens is 138 g/mol. The Hall–Kier alpha value is -0.0800. The van der Waals surface area contributed by atoms with Gasteiger partial charge in [-0.15, -0.1) is 0 Å². The average Bonchev–Trinajstić information content (AvgIpc) is 1.74. The van der Waals surface area contributed by atoms with E-state index in [1.54, 1.807) is 0 Å². The third kappa shape index (κ3) is 1.94. The van der Waals surface area contributed by atoms with Crippen molar-refractivity contribution < 1.29 is 4.74 Å². The normalized spacial score (nSPS) is 20.5. The highest BCUT2D eigenvalue weighted by molar-refractivity contribution is 4.85. The molecule has 1 heterocycles. The van der Waals surface area contributed by atoms with Crippen molar-refractivity contribution in [2.24, 2.45) is 0 Å². The van der Waals surface area contributed by atoms with E-state index in [0.29, 0.717) is 11.6 Å². The standard InChI is InChI=1S/C9H19NO/c1-5-10(9(2,3)4)8-6-11-7-8/h8H,5-7H2,1-4H3. The zero-order chi connectivity index (χ0) is 8.48. The first kappa shape index (κ1) is 9.01. The Labute approximate surface area is 69.5 Å². The minimum Gasteiger partial charge on any atom is -0.378 e. The molecule has 1 rings (SSSR count). The van der Waals surface area contributed by atoms with Gasteiger partial charge in [0.1, 0.15) is 0 Å². The molecule has 0 N–H and O–H groups in total. The van der Waals surface area contributed by atoms with Crippen LogP contribution < -0.4 is 0 Å². The Kier molecular flexibility index (Phi) is 2.55. The van der Waals surface area contributed by atoms with Crippen molar-refractivity contribution in [1.82, 2.24) is 4.90 Å². The molecule has 0 atom stereocenters. The minimum absolute atomic E-state index is 0.295. The van der Waals surface area contributed by atoms with Gasteiger partial charge >= 0.3 is 0 Å². The zero-order valence-corrected chi connectivity index (χ0v) is 8.05. The van der Waals surface area contributed by atoms with E-state index in [1.165, 1.54) is 0 Å². The molecule has 0 radical (unpaired) electrons. The van der Waals surface area contributed by atoms with Gasteiger partial charge < -0.3 is 4.74 Å². The molecule has 0 aromatic carbocycles. The predicted octanol–water partition coefficient (Wildman–Crippen LogP) is 1.51. The Balaban J connectivity index is 2.48. The van der Waals surface area contributed by atoms with Gasteiger partial charge in [0.15, 0.2) is 0 Å². The van der Waals surface area contributed by atoms with Crippen LogP contribution in [-0.2, 0) is 4.74 Å². The number of hydrogen-bond acceptors (Lipinski definition) is 2. The first-order valence-corrected chi connectivity index (χ1v) is 4.40. The van der Waals surface area contributed by atoms with E-state index in [4.69, 9.17) is 4.74 Å². The monoisotopic (exact) mass is 157 g/mol. The molecule has 1 aliphatic rings. The quantitative estimate of drug-likeness (QED) is 0.602. The summed E-state index contributed by atoms with van der Waals surface area (Å²) in [6.45, 7) is 12.0. The highest BCUT2D eigenvalue weighted by Gasteiger charge is 2.31. The van der Waals surface area contributed by atoms with Crippen molar-refractivity contribution in [3.8, 4) is 0 Å². The Morgan fingerprint density at radius 2 is 1.91 bits per heavy atom. The van der Waals surface area contributed by atoms with Gasteiger partial charge in [0.25, 0.3) is 0 Å². The van der Waals surface area contributed by atoms with Gasteiger partial charge in [-0.25, -0.2) is 0 Å². The fourth-order valence-corrected chi connectivity index (χ4v) is 1.68. The topological polar surface area (TPSA) is 12.5 Å². The Morgan fingerprint density at radius 3 is 2.00 bits per heavy atom. The molecule has 0 saturated carbocycles. The molecule has 66 valence electrons. The van der Waals surface area contributed by atoms with Gasteiger partial charge in [-0.2, -0.15) is 0 Å². The molecule has 0 amide bonds. The highest BCUT2D eigenvalue weighted by atomic mass is 16.5. The van der Waals surface area contributed by atoms with Gasteiger partial charge in [-0.3, -0.25) is 4.90 Å². The maximum absolute atomic E-state index is 5.17. The lowest BCUT2D eigenvalue weighted by atomic mass is 10.0. The van der Waals surface area contributed by atoms with E-state index >= 15 is 0 Å². The van der Waals surface area contributed by atoms with E-state index < -0.39 is 0 Å². The van der Waals surface area contributed by atoms with Crippen LogP contribution >= 0.6 is 0 Å². The Bertz CT molecular complexity index is 124. The molecular formula is C9H19NO. The smallest absolute Gasteiger partial charge is 0.0645 e. The zero-order valence-electron chi connectivity index (χ0n) is 8.05. The molecule has 0 unspecified atom stereocenters. The number of likely N-dealkylation sites (N-methyl/N-ethyl adjacent to an activating group) is 1. The maximum Gasteiger partial charge on any atom is 0.0645 e. The van der Waals surface area contributed by atoms with Gasteiger partial charge in [0.05, 0.1) is 19.3 Å². The van der Waals surface area contributed by atoms with Crippen LogP contribution in [0.5, 0.6) is 0 Å². The molecule has 1 fully saturated rings. The third-order valence-electron chi connectivity index (χ3n) is 2.26. The van der Waals surface area contributed by atoms with Crippen LogP contribution in [0.15, 0.2) is 0 Å². The molecule has 11 heavy (non-hydrogen) atoms. The summed E-state index contributed by atoms with van der Waals surface area (Å²) in [5.41, 5.74) is 0.295. The maximum atomic E-state index is 5.17. The third-order valence-corrected chi connectivity index (χ3v) is 2.26.